The second kappa shape index (κ2) is 11.5. The van der Waals surface area contributed by atoms with Crippen LogP contribution >= 0.6 is 0 Å². The molecule has 0 spiro atoms. The fourth-order valence-electron chi connectivity index (χ4n) is 2.78. The number of hydrogen-bond acceptors (Lipinski definition) is 6. The highest BCUT2D eigenvalue weighted by Crippen LogP contribution is 2.18. The van der Waals surface area contributed by atoms with Crippen molar-refractivity contribution in [1.82, 2.24) is 0 Å². The van der Waals surface area contributed by atoms with Crippen LogP contribution in [0, 0.1) is 0 Å². The fourth-order valence-corrected chi connectivity index (χ4v) is 2.78. The molecule has 4 N–H and O–H groups in total. The van der Waals surface area contributed by atoms with Crippen molar-refractivity contribution < 1.29 is 29.3 Å². The van der Waals surface area contributed by atoms with E-state index < -0.39 is 0 Å². The molecule has 2 amide bonds. The zero-order valence-corrected chi connectivity index (χ0v) is 17.3. The fraction of sp³-hybridized carbons (Fsp3) is 0.167. The zero-order valence-electron chi connectivity index (χ0n) is 17.3. The van der Waals surface area contributed by atoms with E-state index in [1.807, 2.05) is 0 Å². The monoisotopic (exact) mass is 436 g/mol. The number of aliphatic hydroxyl groups excluding tert-OH is 2. The van der Waals surface area contributed by atoms with Gasteiger partial charge in [-0.2, -0.15) is 0 Å². The molecule has 0 heterocycles. The van der Waals surface area contributed by atoms with Crippen molar-refractivity contribution in [3.05, 3.63) is 83.9 Å². The average Bonchev–Trinajstić information content (AvgIpc) is 2.83. The molecule has 166 valence electrons. The summed E-state index contributed by atoms with van der Waals surface area (Å²) >= 11 is 0. The van der Waals surface area contributed by atoms with Crippen LogP contribution in [0.5, 0.6) is 11.5 Å². The van der Waals surface area contributed by atoms with Gasteiger partial charge in [0.2, 0.25) is 0 Å². The van der Waals surface area contributed by atoms with E-state index in [9.17, 15) is 9.59 Å². The van der Waals surface area contributed by atoms with Crippen LogP contribution in [0.25, 0.3) is 0 Å². The molecule has 3 aromatic carbocycles. The summed E-state index contributed by atoms with van der Waals surface area (Å²) in [7, 11) is 0. The summed E-state index contributed by atoms with van der Waals surface area (Å²) in [6, 6.07) is 19.9. The summed E-state index contributed by atoms with van der Waals surface area (Å²) in [5.41, 5.74) is 2.01. The number of ether oxygens (including phenoxy) is 2. The Hall–Kier alpha value is -3.88. The maximum atomic E-state index is 12.4. The lowest BCUT2D eigenvalue weighted by Gasteiger charge is -2.09. The first-order chi connectivity index (χ1) is 15.6. The Balaban J connectivity index is 1.55. The van der Waals surface area contributed by atoms with Gasteiger partial charge in [-0.25, -0.2) is 0 Å². The second-order valence-electron chi connectivity index (χ2n) is 6.68. The van der Waals surface area contributed by atoms with Gasteiger partial charge in [-0.3, -0.25) is 9.59 Å². The number of rotatable bonds is 10. The van der Waals surface area contributed by atoms with E-state index in [-0.39, 0.29) is 38.2 Å². The van der Waals surface area contributed by atoms with Crippen molar-refractivity contribution in [3.8, 4) is 11.5 Å². The Bertz CT molecular complexity index is 933. The minimum Gasteiger partial charge on any atom is -0.491 e. The van der Waals surface area contributed by atoms with E-state index >= 15 is 0 Å². The number of carbonyl (C=O) groups excluding carboxylic acids is 2. The van der Waals surface area contributed by atoms with Crippen molar-refractivity contribution in [3.63, 3.8) is 0 Å². The number of nitrogens with one attached hydrogen (secondary N) is 2. The predicted octanol–water partition coefficient (Wildman–Crippen LogP) is 2.93. The smallest absolute Gasteiger partial charge is 0.255 e. The van der Waals surface area contributed by atoms with Crippen molar-refractivity contribution in [2.24, 2.45) is 0 Å². The molecule has 0 bridgehead atoms. The van der Waals surface area contributed by atoms with Crippen molar-refractivity contribution in [2.45, 2.75) is 0 Å². The number of amides is 2. The summed E-state index contributed by atoms with van der Waals surface area (Å²) < 4.78 is 10.6. The second-order valence-corrected chi connectivity index (χ2v) is 6.68. The SMILES string of the molecule is O=C(Nc1ccc(OCCO)cc1)c1ccc(C(=O)Nc2ccc(OCCO)cc2)cc1. The van der Waals surface area contributed by atoms with Crippen LogP contribution in [0.3, 0.4) is 0 Å². The third-order valence-corrected chi connectivity index (χ3v) is 4.35. The normalized spacial score (nSPS) is 10.3. The summed E-state index contributed by atoms with van der Waals surface area (Å²) in [6.45, 7) is 0.268. The molecule has 32 heavy (non-hydrogen) atoms. The van der Waals surface area contributed by atoms with Crippen LogP contribution in [0.4, 0.5) is 11.4 Å². The Morgan fingerprint density at radius 3 is 1.25 bits per heavy atom. The van der Waals surface area contributed by atoms with Gasteiger partial charge in [0.05, 0.1) is 13.2 Å². The lowest BCUT2D eigenvalue weighted by atomic mass is 10.1. The van der Waals surface area contributed by atoms with Gasteiger partial charge in [0, 0.05) is 22.5 Å². The van der Waals surface area contributed by atoms with E-state index in [1.54, 1.807) is 72.8 Å². The Labute approximate surface area is 185 Å². The van der Waals surface area contributed by atoms with Crippen molar-refractivity contribution in [1.29, 1.82) is 0 Å². The predicted molar refractivity (Wildman–Crippen MR) is 120 cm³/mol. The molecule has 0 aliphatic rings. The van der Waals surface area contributed by atoms with Gasteiger partial charge in [-0.05, 0) is 72.8 Å². The number of aliphatic hydroxyl groups is 2. The molecule has 0 aliphatic carbocycles. The zero-order chi connectivity index (χ0) is 22.8. The molecule has 8 heteroatoms. The maximum absolute atomic E-state index is 12.4. The molecule has 3 rings (SSSR count). The lowest BCUT2D eigenvalue weighted by molar-refractivity contribution is 0.101. The lowest BCUT2D eigenvalue weighted by Crippen LogP contribution is -2.14. The Morgan fingerprint density at radius 2 is 0.938 bits per heavy atom. The molecule has 0 radical (unpaired) electrons. The third-order valence-electron chi connectivity index (χ3n) is 4.35. The number of hydrogen-bond donors (Lipinski definition) is 4. The van der Waals surface area contributed by atoms with Gasteiger partial charge in [-0.1, -0.05) is 0 Å². The molecule has 0 saturated carbocycles. The van der Waals surface area contributed by atoms with Gasteiger partial charge < -0.3 is 30.3 Å². The number of carbonyl (C=O) groups is 2. The molecule has 8 nitrogen and oxygen atoms in total. The first-order valence-electron chi connectivity index (χ1n) is 9.99. The highest BCUT2D eigenvalue weighted by atomic mass is 16.5. The van der Waals surface area contributed by atoms with Gasteiger partial charge in [-0.15, -0.1) is 0 Å². The topological polar surface area (TPSA) is 117 Å². The molecule has 0 fully saturated rings. The highest BCUT2D eigenvalue weighted by Gasteiger charge is 2.10. The van der Waals surface area contributed by atoms with Crippen LogP contribution < -0.4 is 20.1 Å². The summed E-state index contributed by atoms with van der Waals surface area (Å²) in [4.78, 5) is 24.9. The Kier molecular flexibility index (Phi) is 8.19. The van der Waals surface area contributed by atoms with E-state index in [4.69, 9.17) is 19.7 Å². The van der Waals surface area contributed by atoms with Gasteiger partial charge in [0.15, 0.2) is 0 Å². The molecule has 0 aliphatic heterocycles. The van der Waals surface area contributed by atoms with Crippen molar-refractivity contribution >= 4 is 23.2 Å². The molecule has 0 unspecified atom stereocenters. The van der Waals surface area contributed by atoms with Gasteiger partial charge >= 0.3 is 0 Å². The minimum absolute atomic E-state index is 0.0703. The standard InChI is InChI=1S/C24H24N2O6/c27-13-15-31-21-9-5-19(6-10-21)25-23(29)17-1-2-18(4-3-17)24(30)26-20-7-11-22(12-8-20)32-16-14-28/h1-12,27-28H,13-16H2,(H,25,29)(H,26,30). The molecule has 0 aromatic heterocycles. The van der Waals surface area contributed by atoms with Crippen LogP contribution in [-0.2, 0) is 0 Å². The molecular weight excluding hydrogens is 412 g/mol. The van der Waals surface area contributed by atoms with Crippen LogP contribution in [0.2, 0.25) is 0 Å². The first-order valence-corrected chi connectivity index (χ1v) is 9.99. The Morgan fingerprint density at radius 1 is 0.594 bits per heavy atom. The van der Waals surface area contributed by atoms with Gasteiger partial charge in [0.1, 0.15) is 24.7 Å². The first kappa shape index (κ1) is 22.8. The number of anilines is 2. The van der Waals surface area contributed by atoms with Crippen LogP contribution in [-0.4, -0.2) is 48.5 Å². The summed E-state index contributed by atoms with van der Waals surface area (Å²) in [6.07, 6.45) is 0. The quantitative estimate of drug-likeness (QED) is 0.388. The maximum Gasteiger partial charge on any atom is 0.255 e. The molecule has 0 saturated heterocycles. The molecule has 0 atom stereocenters. The summed E-state index contributed by atoms with van der Waals surface area (Å²) in [5, 5.41) is 23.1. The largest absolute Gasteiger partial charge is 0.491 e. The average molecular weight is 436 g/mol. The van der Waals surface area contributed by atoms with Crippen molar-refractivity contribution in [2.75, 3.05) is 37.1 Å². The van der Waals surface area contributed by atoms with Crippen LogP contribution in [0.1, 0.15) is 20.7 Å². The van der Waals surface area contributed by atoms with E-state index in [2.05, 4.69) is 10.6 Å². The summed E-state index contributed by atoms with van der Waals surface area (Å²) in [5.74, 6) is 0.582. The van der Waals surface area contributed by atoms with Gasteiger partial charge in [0.25, 0.3) is 11.8 Å². The van der Waals surface area contributed by atoms with Crippen LogP contribution in [0.15, 0.2) is 72.8 Å². The number of benzene rings is 3. The minimum atomic E-state index is -0.306. The third kappa shape index (κ3) is 6.56. The molecular formula is C24H24N2O6. The highest BCUT2D eigenvalue weighted by molar-refractivity contribution is 6.07. The van der Waals surface area contributed by atoms with E-state index in [0.29, 0.717) is 34.0 Å². The van der Waals surface area contributed by atoms with E-state index in [0.717, 1.165) is 0 Å². The molecule has 3 aromatic rings. The van der Waals surface area contributed by atoms with E-state index in [1.165, 1.54) is 0 Å².